The Morgan fingerprint density at radius 2 is 2.38 bits per heavy atom. The van der Waals surface area contributed by atoms with Gasteiger partial charge in [-0.25, -0.2) is 4.98 Å². The summed E-state index contributed by atoms with van der Waals surface area (Å²) in [7, 11) is 0. The molecule has 0 spiro atoms. The maximum absolute atomic E-state index is 10.8. The maximum atomic E-state index is 10.8. The number of carbonyl (C=O) groups is 1. The number of oxazole rings is 1. The largest absolute Gasteiger partial charge is 0.432 e. The van der Waals surface area contributed by atoms with Crippen molar-refractivity contribution < 1.29 is 9.21 Å². The highest BCUT2D eigenvalue weighted by Gasteiger charge is 2.01. The average molecular weight is 217 g/mol. The molecule has 0 saturated heterocycles. The quantitative estimate of drug-likeness (QED) is 0.812. The molecule has 16 heavy (non-hydrogen) atoms. The van der Waals surface area contributed by atoms with Crippen LogP contribution in [-0.2, 0) is 11.2 Å². The van der Waals surface area contributed by atoms with Crippen molar-refractivity contribution in [2.75, 3.05) is 5.32 Å². The molecule has 0 aliphatic rings. The third-order valence-corrected chi connectivity index (χ3v) is 1.99. The van der Waals surface area contributed by atoms with Crippen LogP contribution in [0.1, 0.15) is 5.56 Å². The Balaban J connectivity index is 2.13. The molecule has 0 aliphatic heterocycles. The van der Waals surface area contributed by atoms with E-state index in [0.29, 0.717) is 6.01 Å². The first-order chi connectivity index (χ1) is 7.74. The summed E-state index contributed by atoms with van der Waals surface area (Å²) in [4.78, 5) is 14.7. The first-order valence-electron chi connectivity index (χ1n) is 4.78. The van der Waals surface area contributed by atoms with Crippen molar-refractivity contribution >= 4 is 17.6 Å². The summed E-state index contributed by atoms with van der Waals surface area (Å²) in [5, 5.41) is 2.97. The molecule has 2 rings (SSSR count). The van der Waals surface area contributed by atoms with Crippen LogP contribution in [0.5, 0.6) is 0 Å². The Bertz CT molecular complexity index is 480. The van der Waals surface area contributed by atoms with E-state index < -0.39 is 0 Å². The van der Waals surface area contributed by atoms with Crippen LogP contribution in [0.4, 0.5) is 11.7 Å². The lowest BCUT2D eigenvalue weighted by Crippen LogP contribution is -2.13. The number of carbonyl (C=O) groups excluding carboxylic acids is 1. The highest BCUT2D eigenvalue weighted by atomic mass is 16.4. The van der Waals surface area contributed by atoms with Crippen LogP contribution in [0.2, 0.25) is 0 Å². The van der Waals surface area contributed by atoms with Crippen molar-refractivity contribution in [3.8, 4) is 0 Å². The highest BCUT2D eigenvalue weighted by Crippen LogP contribution is 2.16. The van der Waals surface area contributed by atoms with Gasteiger partial charge in [0.2, 0.25) is 5.91 Å². The number of aromatic nitrogens is 1. The zero-order valence-corrected chi connectivity index (χ0v) is 8.51. The molecule has 0 unspecified atom stereocenters. The van der Waals surface area contributed by atoms with Gasteiger partial charge in [-0.05, 0) is 17.7 Å². The highest BCUT2D eigenvalue weighted by molar-refractivity contribution is 5.77. The van der Waals surface area contributed by atoms with Crippen molar-refractivity contribution in [1.82, 2.24) is 4.98 Å². The molecular weight excluding hydrogens is 206 g/mol. The van der Waals surface area contributed by atoms with Crippen LogP contribution in [0.15, 0.2) is 41.1 Å². The van der Waals surface area contributed by atoms with E-state index in [9.17, 15) is 4.79 Å². The van der Waals surface area contributed by atoms with Gasteiger partial charge in [-0.1, -0.05) is 12.1 Å². The third kappa shape index (κ3) is 2.60. The molecule has 0 fully saturated rings. The molecule has 82 valence electrons. The number of hydrogen-bond acceptors (Lipinski definition) is 4. The number of benzene rings is 1. The molecule has 3 N–H and O–H groups in total. The summed E-state index contributed by atoms with van der Waals surface area (Å²) in [6.45, 7) is 0. The minimum absolute atomic E-state index is 0.223. The van der Waals surface area contributed by atoms with E-state index in [1.165, 1.54) is 6.26 Å². The van der Waals surface area contributed by atoms with Gasteiger partial charge in [0.1, 0.15) is 6.26 Å². The number of nitrogens with zero attached hydrogens (tertiary/aromatic N) is 1. The summed E-state index contributed by atoms with van der Waals surface area (Å²) in [5.41, 5.74) is 6.78. The summed E-state index contributed by atoms with van der Waals surface area (Å²) >= 11 is 0. The van der Waals surface area contributed by atoms with Gasteiger partial charge in [-0.15, -0.1) is 0 Å². The first-order valence-corrected chi connectivity index (χ1v) is 4.78. The lowest BCUT2D eigenvalue weighted by molar-refractivity contribution is -0.117. The molecule has 5 nitrogen and oxygen atoms in total. The maximum Gasteiger partial charge on any atom is 0.299 e. The number of hydrogen-bond donors (Lipinski definition) is 2. The molecule has 0 atom stereocenters. The van der Waals surface area contributed by atoms with Crippen LogP contribution in [0, 0.1) is 0 Å². The predicted molar refractivity (Wildman–Crippen MR) is 59.1 cm³/mol. The second-order valence-electron chi connectivity index (χ2n) is 3.31. The number of nitrogens with two attached hydrogens (primary N) is 1. The first kappa shape index (κ1) is 10.2. The molecule has 0 saturated carbocycles. The minimum atomic E-state index is -0.353. The van der Waals surface area contributed by atoms with Crippen molar-refractivity contribution in [3.05, 3.63) is 42.3 Å². The van der Waals surface area contributed by atoms with E-state index in [4.69, 9.17) is 10.2 Å². The Morgan fingerprint density at radius 1 is 1.50 bits per heavy atom. The van der Waals surface area contributed by atoms with E-state index in [1.54, 1.807) is 6.20 Å². The summed E-state index contributed by atoms with van der Waals surface area (Å²) < 4.78 is 5.04. The summed E-state index contributed by atoms with van der Waals surface area (Å²) in [6.07, 6.45) is 3.26. The summed E-state index contributed by atoms with van der Waals surface area (Å²) in [6, 6.07) is 7.77. The van der Waals surface area contributed by atoms with E-state index in [0.717, 1.165) is 11.3 Å². The third-order valence-electron chi connectivity index (χ3n) is 1.99. The number of primary amides is 1. The normalized spacial score (nSPS) is 10.0. The standard InChI is InChI=1S/C11H11N3O2/c12-10(15)7-8-2-1-3-9(6-8)14-11-13-4-5-16-11/h1-6H,7H2,(H2,12,15)(H,13,14). The van der Waals surface area contributed by atoms with Crippen molar-refractivity contribution in [3.63, 3.8) is 0 Å². The molecule has 0 radical (unpaired) electrons. The Morgan fingerprint density at radius 3 is 3.06 bits per heavy atom. The van der Waals surface area contributed by atoms with Gasteiger partial charge < -0.3 is 15.5 Å². The number of amides is 1. The van der Waals surface area contributed by atoms with Gasteiger partial charge in [0, 0.05) is 5.69 Å². The Kier molecular flexibility index (Phi) is 2.86. The molecule has 1 amide bonds. The van der Waals surface area contributed by atoms with Gasteiger partial charge >= 0.3 is 0 Å². The number of rotatable bonds is 4. The smallest absolute Gasteiger partial charge is 0.299 e. The van der Waals surface area contributed by atoms with Crippen LogP contribution < -0.4 is 11.1 Å². The molecule has 5 heteroatoms. The zero-order valence-electron chi connectivity index (χ0n) is 8.51. The second-order valence-corrected chi connectivity index (χ2v) is 3.31. The molecule has 1 aromatic heterocycles. The van der Waals surface area contributed by atoms with Crippen LogP contribution >= 0.6 is 0 Å². The zero-order chi connectivity index (χ0) is 11.4. The molecular formula is C11H11N3O2. The molecule has 1 aromatic carbocycles. The Hall–Kier alpha value is -2.30. The molecule has 0 aliphatic carbocycles. The van der Waals surface area contributed by atoms with Gasteiger partial charge in [0.25, 0.3) is 6.01 Å². The SMILES string of the molecule is NC(=O)Cc1cccc(Nc2ncco2)c1. The fraction of sp³-hybridized carbons (Fsp3) is 0.0909. The van der Waals surface area contributed by atoms with Gasteiger partial charge in [0.05, 0.1) is 12.6 Å². The van der Waals surface area contributed by atoms with E-state index in [-0.39, 0.29) is 12.3 Å². The van der Waals surface area contributed by atoms with E-state index >= 15 is 0 Å². The minimum Gasteiger partial charge on any atom is -0.432 e. The van der Waals surface area contributed by atoms with Crippen LogP contribution in [-0.4, -0.2) is 10.9 Å². The molecule has 1 heterocycles. The lowest BCUT2D eigenvalue weighted by Gasteiger charge is -2.03. The van der Waals surface area contributed by atoms with Crippen molar-refractivity contribution in [2.24, 2.45) is 5.73 Å². The van der Waals surface area contributed by atoms with E-state index in [2.05, 4.69) is 10.3 Å². The number of nitrogens with one attached hydrogen (secondary N) is 1. The molecule has 2 aromatic rings. The van der Waals surface area contributed by atoms with Gasteiger partial charge in [-0.3, -0.25) is 4.79 Å². The number of anilines is 2. The average Bonchev–Trinajstić information content (AvgIpc) is 2.70. The second kappa shape index (κ2) is 4.48. The van der Waals surface area contributed by atoms with Crippen LogP contribution in [0.3, 0.4) is 0 Å². The van der Waals surface area contributed by atoms with Gasteiger partial charge in [0.15, 0.2) is 0 Å². The predicted octanol–water partition coefficient (Wildman–Crippen LogP) is 1.45. The van der Waals surface area contributed by atoms with Crippen LogP contribution in [0.25, 0.3) is 0 Å². The molecule has 0 bridgehead atoms. The Labute approximate surface area is 92.3 Å². The fourth-order valence-electron chi connectivity index (χ4n) is 1.37. The van der Waals surface area contributed by atoms with Gasteiger partial charge in [-0.2, -0.15) is 0 Å². The van der Waals surface area contributed by atoms with Crippen molar-refractivity contribution in [2.45, 2.75) is 6.42 Å². The summed E-state index contributed by atoms with van der Waals surface area (Å²) in [5.74, 6) is -0.353. The lowest BCUT2D eigenvalue weighted by atomic mass is 10.1. The van der Waals surface area contributed by atoms with E-state index in [1.807, 2.05) is 24.3 Å². The monoisotopic (exact) mass is 217 g/mol. The topological polar surface area (TPSA) is 81.2 Å². The van der Waals surface area contributed by atoms with Crippen molar-refractivity contribution in [1.29, 1.82) is 0 Å². The fourth-order valence-corrected chi connectivity index (χ4v) is 1.37.